The highest BCUT2D eigenvalue weighted by molar-refractivity contribution is 5.90. The highest BCUT2D eigenvalue weighted by Crippen LogP contribution is 2.16. The van der Waals surface area contributed by atoms with Gasteiger partial charge in [0, 0.05) is 19.6 Å². The summed E-state index contributed by atoms with van der Waals surface area (Å²) in [5.74, 6) is 0.133. The van der Waals surface area contributed by atoms with Gasteiger partial charge in [0.05, 0.1) is 12.6 Å². The topological polar surface area (TPSA) is 58.6 Å². The Hall–Kier alpha value is -1.10. The van der Waals surface area contributed by atoms with Crippen LogP contribution in [0.5, 0.6) is 0 Å². The Morgan fingerprint density at radius 1 is 1.37 bits per heavy atom. The Bertz CT molecular complexity index is 320. The fourth-order valence-electron chi connectivity index (χ4n) is 2.26. The Labute approximate surface area is 115 Å². The standard InChI is InChI=1S/C14H26N2O3/c1-5-10(3)13-14(18)16(8-7-12(17)15-13)11(4)9-19-6-2/h10-11,13H,5-9H2,1-4H3,(H,15,17). The predicted octanol–water partition coefficient (Wildman–Crippen LogP) is 1.17. The van der Waals surface area contributed by atoms with Crippen molar-refractivity contribution in [3.8, 4) is 0 Å². The van der Waals surface area contributed by atoms with Crippen molar-refractivity contribution in [1.29, 1.82) is 0 Å². The second kappa shape index (κ2) is 7.48. The fraction of sp³-hybridized carbons (Fsp3) is 0.857. The van der Waals surface area contributed by atoms with Crippen molar-refractivity contribution in [3.05, 3.63) is 0 Å². The molecular formula is C14H26N2O3. The zero-order valence-corrected chi connectivity index (χ0v) is 12.4. The van der Waals surface area contributed by atoms with Gasteiger partial charge < -0.3 is 15.0 Å². The van der Waals surface area contributed by atoms with Gasteiger partial charge in [-0.15, -0.1) is 0 Å². The summed E-state index contributed by atoms with van der Waals surface area (Å²) in [4.78, 5) is 26.1. The Balaban J connectivity index is 2.80. The van der Waals surface area contributed by atoms with E-state index in [-0.39, 0.29) is 23.8 Å². The highest BCUT2D eigenvalue weighted by Gasteiger charge is 2.34. The molecule has 1 fully saturated rings. The Morgan fingerprint density at radius 2 is 2.05 bits per heavy atom. The molecule has 5 nitrogen and oxygen atoms in total. The molecule has 0 aromatic rings. The third-order valence-corrected chi connectivity index (χ3v) is 3.75. The molecule has 1 heterocycles. The van der Waals surface area contributed by atoms with Crippen LogP contribution in [-0.4, -0.2) is 48.6 Å². The van der Waals surface area contributed by atoms with Crippen LogP contribution in [0.3, 0.4) is 0 Å². The third kappa shape index (κ3) is 4.20. The van der Waals surface area contributed by atoms with Gasteiger partial charge in [-0.1, -0.05) is 20.3 Å². The second-order valence-corrected chi connectivity index (χ2v) is 5.22. The van der Waals surface area contributed by atoms with Gasteiger partial charge in [-0.3, -0.25) is 9.59 Å². The average Bonchev–Trinajstić information content (AvgIpc) is 2.55. The van der Waals surface area contributed by atoms with E-state index in [0.29, 0.717) is 26.2 Å². The number of nitrogens with one attached hydrogen (secondary N) is 1. The summed E-state index contributed by atoms with van der Waals surface area (Å²) >= 11 is 0. The van der Waals surface area contributed by atoms with E-state index in [9.17, 15) is 9.59 Å². The molecule has 0 aliphatic carbocycles. The lowest BCUT2D eigenvalue weighted by molar-refractivity contribution is -0.137. The number of rotatable bonds is 6. The van der Waals surface area contributed by atoms with Gasteiger partial charge in [-0.25, -0.2) is 0 Å². The Kier molecular flexibility index (Phi) is 6.28. The molecule has 0 aromatic heterocycles. The van der Waals surface area contributed by atoms with Crippen LogP contribution < -0.4 is 5.32 Å². The van der Waals surface area contributed by atoms with Gasteiger partial charge in [-0.2, -0.15) is 0 Å². The molecule has 1 aliphatic heterocycles. The first-order chi connectivity index (χ1) is 9.01. The van der Waals surface area contributed by atoms with Crippen LogP contribution in [0.25, 0.3) is 0 Å². The molecule has 19 heavy (non-hydrogen) atoms. The first kappa shape index (κ1) is 16.0. The number of nitrogens with zero attached hydrogens (tertiary/aromatic N) is 1. The van der Waals surface area contributed by atoms with Crippen molar-refractivity contribution >= 4 is 11.8 Å². The molecule has 0 aromatic carbocycles. The molecule has 0 spiro atoms. The maximum atomic E-state index is 12.6. The molecule has 0 saturated carbocycles. The van der Waals surface area contributed by atoms with Crippen molar-refractivity contribution in [2.75, 3.05) is 19.8 Å². The van der Waals surface area contributed by atoms with Crippen LogP contribution in [0, 0.1) is 5.92 Å². The number of carbonyl (C=O) groups is 2. The molecule has 1 N–H and O–H groups in total. The van der Waals surface area contributed by atoms with Crippen molar-refractivity contribution in [2.45, 2.75) is 52.6 Å². The van der Waals surface area contributed by atoms with E-state index in [1.165, 1.54) is 0 Å². The number of carbonyl (C=O) groups excluding carboxylic acids is 2. The minimum absolute atomic E-state index is 0.00621. The summed E-state index contributed by atoms with van der Waals surface area (Å²) < 4.78 is 5.39. The van der Waals surface area contributed by atoms with Gasteiger partial charge in [0.15, 0.2) is 0 Å². The fourth-order valence-corrected chi connectivity index (χ4v) is 2.26. The number of hydrogen-bond acceptors (Lipinski definition) is 3. The van der Waals surface area contributed by atoms with E-state index in [0.717, 1.165) is 6.42 Å². The molecule has 5 heteroatoms. The minimum atomic E-state index is -0.399. The molecule has 1 aliphatic rings. The van der Waals surface area contributed by atoms with E-state index in [1.54, 1.807) is 4.90 Å². The van der Waals surface area contributed by atoms with Crippen molar-refractivity contribution < 1.29 is 14.3 Å². The molecule has 3 unspecified atom stereocenters. The van der Waals surface area contributed by atoms with Crippen LogP contribution >= 0.6 is 0 Å². The van der Waals surface area contributed by atoms with Crippen LogP contribution in [0.15, 0.2) is 0 Å². The number of hydrogen-bond donors (Lipinski definition) is 1. The summed E-state index contributed by atoms with van der Waals surface area (Å²) in [6.07, 6.45) is 1.24. The summed E-state index contributed by atoms with van der Waals surface area (Å²) in [7, 11) is 0. The second-order valence-electron chi connectivity index (χ2n) is 5.22. The maximum absolute atomic E-state index is 12.6. The molecular weight excluding hydrogens is 244 g/mol. The number of ether oxygens (including phenoxy) is 1. The van der Waals surface area contributed by atoms with Crippen LogP contribution in [0.1, 0.15) is 40.5 Å². The largest absolute Gasteiger partial charge is 0.380 e. The molecule has 3 atom stereocenters. The van der Waals surface area contributed by atoms with Crippen LogP contribution in [-0.2, 0) is 14.3 Å². The smallest absolute Gasteiger partial charge is 0.245 e. The van der Waals surface area contributed by atoms with Gasteiger partial charge in [0.1, 0.15) is 6.04 Å². The lowest BCUT2D eigenvalue weighted by Gasteiger charge is -2.31. The first-order valence-corrected chi connectivity index (χ1v) is 7.18. The van der Waals surface area contributed by atoms with E-state index in [2.05, 4.69) is 5.32 Å². The quantitative estimate of drug-likeness (QED) is 0.788. The Morgan fingerprint density at radius 3 is 2.63 bits per heavy atom. The summed E-state index contributed by atoms with van der Waals surface area (Å²) in [6.45, 7) is 9.57. The predicted molar refractivity (Wildman–Crippen MR) is 73.7 cm³/mol. The molecule has 1 saturated heterocycles. The first-order valence-electron chi connectivity index (χ1n) is 7.18. The maximum Gasteiger partial charge on any atom is 0.245 e. The lowest BCUT2D eigenvalue weighted by Crippen LogP contribution is -2.51. The van der Waals surface area contributed by atoms with Crippen molar-refractivity contribution in [1.82, 2.24) is 10.2 Å². The molecule has 0 bridgehead atoms. The SMILES string of the molecule is CCOCC(C)N1CCC(=O)NC(C(C)CC)C1=O. The zero-order valence-electron chi connectivity index (χ0n) is 12.4. The van der Waals surface area contributed by atoms with E-state index < -0.39 is 6.04 Å². The molecule has 110 valence electrons. The van der Waals surface area contributed by atoms with E-state index >= 15 is 0 Å². The summed E-state index contributed by atoms with van der Waals surface area (Å²) in [5, 5.41) is 2.85. The van der Waals surface area contributed by atoms with Gasteiger partial charge >= 0.3 is 0 Å². The monoisotopic (exact) mass is 270 g/mol. The molecule has 0 radical (unpaired) electrons. The van der Waals surface area contributed by atoms with Gasteiger partial charge in [0.25, 0.3) is 0 Å². The summed E-state index contributed by atoms with van der Waals surface area (Å²) in [5.41, 5.74) is 0. The van der Waals surface area contributed by atoms with Gasteiger partial charge in [-0.05, 0) is 19.8 Å². The number of amides is 2. The van der Waals surface area contributed by atoms with Gasteiger partial charge in [0.2, 0.25) is 11.8 Å². The molecule has 2 amide bonds. The third-order valence-electron chi connectivity index (χ3n) is 3.75. The average molecular weight is 270 g/mol. The van der Waals surface area contributed by atoms with E-state index in [4.69, 9.17) is 4.74 Å². The van der Waals surface area contributed by atoms with E-state index in [1.807, 2.05) is 27.7 Å². The highest BCUT2D eigenvalue weighted by atomic mass is 16.5. The van der Waals surface area contributed by atoms with Crippen molar-refractivity contribution in [2.24, 2.45) is 5.92 Å². The van der Waals surface area contributed by atoms with Crippen LogP contribution in [0.4, 0.5) is 0 Å². The van der Waals surface area contributed by atoms with Crippen LogP contribution in [0.2, 0.25) is 0 Å². The minimum Gasteiger partial charge on any atom is -0.380 e. The lowest BCUT2D eigenvalue weighted by atomic mass is 9.98. The zero-order chi connectivity index (χ0) is 14.4. The summed E-state index contributed by atoms with van der Waals surface area (Å²) in [6, 6.07) is -0.393. The molecule has 1 rings (SSSR count). The normalized spacial score (nSPS) is 23.8. The van der Waals surface area contributed by atoms with Crippen molar-refractivity contribution in [3.63, 3.8) is 0 Å².